The fourth-order valence-electron chi connectivity index (χ4n) is 3.11. The first-order valence-electron chi connectivity index (χ1n) is 8.90. The van der Waals surface area contributed by atoms with Gasteiger partial charge in [0.25, 0.3) is 0 Å². The molecule has 0 spiro atoms. The van der Waals surface area contributed by atoms with E-state index in [4.69, 9.17) is 13.9 Å². The quantitative estimate of drug-likeness (QED) is 0.383. The smallest absolute Gasteiger partial charge is 0.344 e. The minimum atomic E-state index is -0.513. The Hall–Kier alpha value is -3.60. The van der Waals surface area contributed by atoms with E-state index in [-0.39, 0.29) is 13.2 Å². The highest BCUT2D eigenvalue weighted by Gasteiger charge is 2.11. The number of benzene rings is 3. The molecule has 4 aromatic rings. The molecular weight excluding hydrogens is 356 g/mol. The van der Waals surface area contributed by atoms with Crippen molar-refractivity contribution in [1.29, 1.82) is 0 Å². The predicted octanol–water partition coefficient (Wildman–Crippen LogP) is 4.38. The van der Waals surface area contributed by atoms with Crippen LogP contribution in [0.2, 0.25) is 0 Å². The van der Waals surface area contributed by atoms with Gasteiger partial charge in [0.15, 0.2) is 6.61 Å². The van der Waals surface area contributed by atoms with Crippen molar-refractivity contribution >= 4 is 27.7 Å². The Morgan fingerprint density at radius 3 is 2.68 bits per heavy atom. The van der Waals surface area contributed by atoms with Crippen molar-refractivity contribution in [3.05, 3.63) is 88.3 Å². The minimum absolute atomic E-state index is 0.0249. The maximum Gasteiger partial charge on any atom is 0.344 e. The van der Waals surface area contributed by atoms with E-state index in [2.05, 4.69) is 0 Å². The standard InChI is InChI=1S/C23H18O5/c1-15-9-10-19-17(12-22(24)28-21(19)11-15)13-27-23(25)14-26-20-8-4-6-16-5-2-3-7-18(16)20/h2-12H,13-14H2,1H3. The highest BCUT2D eigenvalue weighted by Crippen LogP contribution is 2.25. The molecule has 5 heteroatoms. The van der Waals surface area contributed by atoms with Gasteiger partial charge in [-0.2, -0.15) is 0 Å². The van der Waals surface area contributed by atoms with E-state index in [1.54, 1.807) is 6.07 Å². The topological polar surface area (TPSA) is 65.7 Å². The molecule has 3 aromatic carbocycles. The van der Waals surface area contributed by atoms with Crippen molar-refractivity contribution in [3.63, 3.8) is 0 Å². The maximum atomic E-state index is 12.2. The normalized spacial score (nSPS) is 10.9. The lowest BCUT2D eigenvalue weighted by atomic mass is 10.1. The van der Waals surface area contributed by atoms with Crippen LogP contribution in [0, 0.1) is 6.92 Å². The third-order valence-electron chi connectivity index (χ3n) is 4.47. The number of hydrogen-bond donors (Lipinski definition) is 0. The monoisotopic (exact) mass is 374 g/mol. The molecule has 0 aliphatic rings. The third kappa shape index (κ3) is 3.74. The lowest BCUT2D eigenvalue weighted by molar-refractivity contribution is -0.147. The highest BCUT2D eigenvalue weighted by atomic mass is 16.6. The van der Waals surface area contributed by atoms with Crippen LogP contribution in [0.25, 0.3) is 21.7 Å². The Bertz CT molecular complexity index is 1220. The summed E-state index contributed by atoms with van der Waals surface area (Å²) in [5.74, 6) is 0.109. The van der Waals surface area contributed by atoms with Gasteiger partial charge in [-0.15, -0.1) is 0 Å². The fraction of sp³-hybridized carbons (Fsp3) is 0.130. The van der Waals surface area contributed by atoms with E-state index in [1.165, 1.54) is 6.07 Å². The number of hydrogen-bond acceptors (Lipinski definition) is 5. The Morgan fingerprint density at radius 2 is 1.79 bits per heavy atom. The Kier molecular flexibility index (Phi) is 4.81. The third-order valence-corrected chi connectivity index (χ3v) is 4.47. The van der Waals surface area contributed by atoms with Gasteiger partial charge in [-0.1, -0.05) is 48.5 Å². The second-order valence-electron chi connectivity index (χ2n) is 6.52. The van der Waals surface area contributed by atoms with Gasteiger partial charge in [-0.05, 0) is 30.0 Å². The number of fused-ring (bicyclic) bond motifs is 2. The Balaban J connectivity index is 1.45. The maximum absolute atomic E-state index is 12.2. The van der Waals surface area contributed by atoms with E-state index in [9.17, 15) is 9.59 Å². The van der Waals surface area contributed by atoms with Gasteiger partial charge >= 0.3 is 11.6 Å². The molecule has 1 aromatic heterocycles. The summed E-state index contributed by atoms with van der Waals surface area (Å²) >= 11 is 0. The molecule has 0 fully saturated rings. The van der Waals surface area contributed by atoms with Crippen LogP contribution in [0.5, 0.6) is 5.75 Å². The van der Waals surface area contributed by atoms with Crippen LogP contribution in [0.15, 0.2) is 75.9 Å². The molecule has 140 valence electrons. The van der Waals surface area contributed by atoms with Crippen LogP contribution < -0.4 is 10.4 Å². The fourth-order valence-corrected chi connectivity index (χ4v) is 3.11. The van der Waals surface area contributed by atoms with Gasteiger partial charge in [0.2, 0.25) is 0 Å². The molecular formula is C23H18O5. The zero-order valence-corrected chi connectivity index (χ0v) is 15.3. The van der Waals surface area contributed by atoms with E-state index in [0.717, 1.165) is 21.7 Å². The van der Waals surface area contributed by atoms with Crippen molar-refractivity contribution in [1.82, 2.24) is 0 Å². The van der Waals surface area contributed by atoms with Gasteiger partial charge in [0.1, 0.15) is 17.9 Å². The van der Waals surface area contributed by atoms with Crippen LogP contribution in [0.4, 0.5) is 0 Å². The zero-order valence-electron chi connectivity index (χ0n) is 15.3. The molecule has 0 saturated carbocycles. The summed E-state index contributed by atoms with van der Waals surface area (Å²) in [5, 5.41) is 2.71. The summed E-state index contributed by atoms with van der Waals surface area (Å²) < 4.78 is 16.2. The average molecular weight is 374 g/mol. The van der Waals surface area contributed by atoms with E-state index in [0.29, 0.717) is 16.9 Å². The molecule has 0 radical (unpaired) electrons. The molecule has 4 rings (SSSR count). The van der Waals surface area contributed by atoms with Crippen molar-refractivity contribution in [3.8, 4) is 5.75 Å². The SMILES string of the molecule is Cc1ccc2c(COC(=O)COc3cccc4ccccc34)cc(=O)oc2c1. The van der Waals surface area contributed by atoms with Gasteiger partial charge < -0.3 is 13.9 Å². The molecule has 0 N–H and O–H groups in total. The summed E-state index contributed by atoms with van der Waals surface area (Å²) in [6, 6.07) is 20.3. The van der Waals surface area contributed by atoms with Crippen molar-refractivity contribution in [2.75, 3.05) is 6.61 Å². The molecule has 28 heavy (non-hydrogen) atoms. The summed E-state index contributed by atoms with van der Waals surface area (Å²) in [4.78, 5) is 23.9. The number of esters is 1. The predicted molar refractivity (Wildman–Crippen MR) is 106 cm³/mol. The molecule has 0 amide bonds. The van der Waals surface area contributed by atoms with Crippen molar-refractivity contribution in [2.45, 2.75) is 13.5 Å². The van der Waals surface area contributed by atoms with Crippen LogP contribution in [0.1, 0.15) is 11.1 Å². The van der Waals surface area contributed by atoms with Crippen LogP contribution >= 0.6 is 0 Å². The summed E-state index contributed by atoms with van der Waals surface area (Å²) in [6.45, 7) is 1.67. The molecule has 1 heterocycles. The zero-order chi connectivity index (χ0) is 19.5. The molecule has 0 bridgehead atoms. The Labute approximate surface area is 161 Å². The van der Waals surface area contributed by atoms with Crippen LogP contribution in [-0.2, 0) is 16.1 Å². The molecule has 0 aliphatic carbocycles. The first kappa shape index (κ1) is 17.8. The lowest BCUT2D eigenvalue weighted by Crippen LogP contribution is -2.15. The molecule has 0 unspecified atom stereocenters. The number of carbonyl (C=O) groups is 1. The summed E-state index contributed by atoms with van der Waals surface area (Å²) in [7, 11) is 0. The molecule has 0 aliphatic heterocycles. The van der Waals surface area contributed by atoms with Gasteiger partial charge in [0.05, 0.1) is 0 Å². The highest BCUT2D eigenvalue weighted by molar-refractivity contribution is 5.88. The summed E-state index contributed by atoms with van der Waals surface area (Å²) in [6.07, 6.45) is 0. The van der Waals surface area contributed by atoms with Gasteiger partial charge in [0, 0.05) is 22.4 Å². The first-order valence-corrected chi connectivity index (χ1v) is 8.90. The van der Waals surface area contributed by atoms with Gasteiger partial charge in [-0.3, -0.25) is 0 Å². The number of ether oxygens (including phenoxy) is 2. The number of aryl methyl sites for hydroxylation is 1. The minimum Gasteiger partial charge on any atom is -0.481 e. The van der Waals surface area contributed by atoms with E-state index in [1.807, 2.05) is 61.5 Å². The van der Waals surface area contributed by atoms with Crippen LogP contribution in [0.3, 0.4) is 0 Å². The van der Waals surface area contributed by atoms with E-state index < -0.39 is 11.6 Å². The van der Waals surface area contributed by atoms with Gasteiger partial charge in [-0.25, -0.2) is 9.59 Å². The largest absolute Gasteiger partial charge is 0.481 e. The van der Waals surface area contributed by atoms with E-state index >= 15 is 0 Å². The molecule has 5 nitrogen and oxygen atoms in total. The van der Waals surface area contributed by atoms with Crippen LogP contribution in [-0.4, -0.2) is 12.6 Å². The number of rotatable bonds is 5. The van der Waals surface area contributed by atoms with Crippen molar-refractivity contribution < 1.29 is 18.7 Å². The second kappa shape index (κ2) is 7.56. The average Bonchev–Trinajstić information content (AvgIpc) is 2.70. The summed E-state index contributed by atoms with van der Waals surface area (Å²) in [5.41, 5.74) is 1.58. The first-order chi connectivity index (χ1) is 13.6. The Morgan fingerprint density at radius 1 is 0.964 bits per heavy atom. The second-order valence-corrected chi connectivity index (χ2v) is 6.52. The molecule has 0 saturated heterocycles. The molecule has 0 atom stereocenters. The van der Waals surface area contributed by atoms with Crippen molar-refractivity contribution in [2.24, 2.45) is 0 Å². The lowest BCUT2D eigenvalue weighted by Gasteiger charge is -2.10. The number of carbonyl (C=O) groups excluding carboxylic acids is 1.